The smallest absolute Gasteiger partial charge is 0.323 e. The molecule has 2 aliphatic heterocycles. The molecule has 2 atom stereocenters. The third-order valence-corrected chi connectivity index (χ3v) is 5.42. The van der Waals surface area contributed by atoms with Crippen molar-refractivity contribution in [2.45, 2.75) is 57.2 Å². The van der Waals surface area contributed by atoms with Gasteiger partial charge in [0.2, 0.25) is 0 Å². The minimum absolute atomic E-state index is 0.0544. The van der Waals surface area contributed by atoms with E-state index in [0.717, 1.165) is 32.3 Å². The van der Waals surface area contributed by atoms with Crippen LogP contribution >= 0.6 is 11.8 Å². The van der Waals surface area contributed by atoms with Crippen molar-refractivity contribution < 1.29 is 14.3 Å². The van der Waals surface area contributed by atoms with Crippen molar-refractivity contribution in [2.75, 3.05) is 25.2 Å². The van der Waals surface area contributed by atoms with Gasteiger partial charge in [0.15, 0.2) is 0 Å². The summed E-state index contributed by atoms with van der Waals surface area (Å²) in [5.41, 5.74) is 0.0544. The number of rotatable bonds is 4. The molecule has 2 heterocycles. The Balaban J connectivity index is 1.95. The molecule has 0 aliphatic carbocycles. The number of thioether (sulfide) groups is 1. The molecular formula is C15H27NO3S. The summed E-state index contributed by atoms with van der Waals surface area (Å²) in [7, 11) is 1.46. The van der Waals surface area contributed by atoms with Gasteiger partial charge >= 0.3 is 5.97 Å². The topological polar surface area (TPSA) is 47.6 Å². The van der Waals surface area contributed by atoms with Crippen LogP contribution in [0.15, 0.2) is 0 Å². The molecule has 0 aromatic heterocycles. The van der Waals surface area contributed by atoms with Gasteiger partial charge in [0.1, 0.15) is 6.04 Å². The molecule has 0 bridgehead atoms. The third-order valence-electron chi connectivity index (χ3n) is 4.43. The molecular weight excluding hydrogens is 274 g/mol. The average Bonchev–Trinajstić information content (AvgIpc) is 2.44. The van der Waals surface area contributed by atoms with Crippen LogP contribution in [0.25, 0.3) is 0 Å². The van der Waals surface area contributed by atoms with Crippen LogP contribution in [0.4, 0.5) is 0 Å². The van der Waals surface area contributed by atoms with E-state index in [4.69, 9.17) is 9.47 Å². The predicted octanol–water partition coefficient (Wildman–Crippen LogP) is 2.22. The predicted molar refractivity (Wildman–Crippen MR) is 82.0 cm³/mol. The zero-order valence-corrected chi connectivity index (χ0v) is 13.6. The largest absolute Gasteiger partial charge is 0.468 e. The summed E-state index contributed by atoms with van der Waals surface area (Å²) in [6, 6.07) is 0.150. The van der Waals surface area contributed by atoms with Gasteiger partial charge in [-0.3, -0.25) is 4.79 Å². The van der Waals surface area contributed by atoms with Gasteiger partial charge in [-0.2, -0.15) is 11.8 Å². The van der Waals surface area contributed by atoms with Gasteiger partial charge in [-0.05, 0) is 43.1 Å². The van der Waals surface area contributed by atoms with E-state index in [1.165, 1.54) is 18.6 Å². The highest BCUT2D eigenvalue weighted by Gasteiger charge is 2.40. The van der Waals surface area contributed by atoms with E-state index in [0.29, 0.717) is 6.04 Å². The van der Waals surface area contributed by atoms with Gasteiger partial charge in [0, 0.05) is 12.6 Å². The van der Waals surface area contributed by atoms with Crippen molar-refractivity contribution in [2.24, 2.45) is 5.92 Å². The van der Waals surface area contributed by atoms with Crippen LogP contribution in [0.5, 0.6) is 0 Å². The van der Waals surface area contributed by atoms with Crippen molar-refractivity contribution in [1.82, 2.24) is 5.32 Å². The minimum atomic E-state index is -0.210. The molecule has 0 aromatic carbocycles. The molecule has 0 aromatic rings. The molecule has 116 valence electrons. The summed E-state index contributed by atoms with van der Waals surface area (Å²) in [4.78, 5) is 11.9. The van der Waals surface area contributed by atoms with Crippen LogP contribution in [0.2, 0.25) is 0 Å². The van der Waals surface area contributed by atoms with Gasteiger partial charge in [-0.1, -0.05) is 13.8 Å². The van der Waals surface area contributed by atoms with Crippen molar-refractivity contribution in [3.8, 4) is 0 Å². The Morgan fingerprint density at radius 1 is 1.40 bits per heavy atom. The first-order valence-electron chi connectivity index (χ1n) is 7.62. The van der Waals surface area contributed by atoms with E-state index in [1.807, 2.05) is 11.8 Å². The average molecular weight is 301 g/mol. The second-order valence-electron chi connectivity index (χ2n) is 6.25. The Morgan fingerprint density at radius 2 is 2.10 bits per heavy atom. The number of ether oxygens (including phenoxy) is 2. The quantitative estimate of drug-likeness (QED) is 0.807. The number of nitrogens with one attached hydrogen (secondary N) is 1. The standard InChI is InChI=1S/C15H27NO3S/c1-11(2)13(14(17)18-3)16-12-4-7-19-15(10-12)5-8-20-9-6-15/h11-13,16H,4-10H2,1-3H3. The fraction of sp³-hybridized carbons (Fsp3) is 0.933. The minimum Gasteiger partial charge on any atom is -0.468 e. The van der Waals surface area contributed by atoms with Gasteiger partial charge in [0.25, 0.3) is 0 Å². The van der Waals surface area contributed by atoms with Crippen molar-refractivity contribution in [3.63, 3.8) is 0 Å². The molecule has 4 nitrogen and oxygen atoms in total. The van der Waals surface area contributed by atoms with E-state index in [2.05, 4.69) is 19.2 Å². The molecule has 0 amide bonds. The van der Waals surface area contributed by atoms with Crippen molar-refractivity contribution in [1.29, 1.82) is 0 Å². The molecule has 0 radical (unpaired) electrons. The van der Waals surface area contributed by atoms with Crippen LogP contribution in [0.3, 0.4) is 0 Å². The monoisotopic (exact) mass is 301 g/mol. The summed E-state index contributed by atoms with van der Waals surface area (Å²) < 4.78 is 11.0. The molecule has 2 rings (SSSR count). The van der Waals surface area contributed by atoms with Crippen LogP contribution in [0.1, 0.15) is 39.5 Å². The molecule has 0 saturated carbocycles. The second-order valence-corrected chi connectivity index (χ2v) is 7.47. The van der Waals surface area contributed by atoms with E-state index in [-0.39, 0.29) is 23.5 Å². The Morgan fingerprint density at radius 3 is 2.70 bits per heavy atom. The fourth-order valence-electron chi connectivity index (χ4n) is 3.18. The number of esters is 1. The van der Waals surface area contributed by atoms with E-state index >= 15 is 0 Å². The van der Waals surface area contributed by atoms with E-state index in [1.54, 1.807) is 0 Å². The summed E-state index contributed by atoms with van der Waals surface area (Å²) >= 11 is 2.02. The molecule has 2 unspecified atom stereocenters. The number of carbonyl (C=O) groups is 1. The van der Waals surface area contributed by atoms with Crippen LogP contribution < -0.4 is 5.32 Å². The Hall–Kier alpha value is -0.260. The van der Waals surface area contributed by atoms with Gasteiger partial charge < -0.3 is 14.8 Å². The summed E-state index contributed by atoms with van der Waals surface area (Å²) in [6.45, 7) is 4.91. The lowest BCUT2D eigenvalue weighted by Crippen LogP contribution is -2.54. The maximum atomic E-state index is 11.9. The third kappa shape index (κ3) is 3.89. The second kappa shape index (κ2) is 7.14. The van der Waals surface area contributed by atoms with Crippen molar-refractivity contribution >= 4 is 17.7 Å². The molecule has 2 saturated heterocycles. The fourth-order valence-corrected chi connectivity index (χ4v) is 4.41. The molecule has 1 spiro atoms. The van der Waals surface area contributed by atoms with Crippen molar-refractivity contribution in [3.05, 3.63) is 0 Å². The van der Waals surface area contributed by atoms with Gasteiger partial charge in [0.05, 0.1) is 12.7 Å². The zero-order valence-electron chi connectivity index (χ0n) is 12.8. The molecule has 20 heavy (non-hydrogen) atoms. The highest BCUT2D eigenvalue weighted by Crippen LogP contribution is 2.37. The van der Waals surface area contributed by atoms with Gasteiger partial charge in [-0.15, -0.1) is 0 Å². The van der Waals surface area contributed by atoms with Crippen LogP contribution in [-0.4, -0.2) is 48.9 Å². The first kappa shape index (κ1) is 16.1. The highest BCUT2D eigenvalue weighted by atomic mass is 32.2. The zero-order chi connectivity index (χ0) is 14.6. The molecule has 2 aliphatic rings. The summed E-state index contributed by atoms with van der Waals surface area (Å²) in [5, 5.41) is 3.52. The first-order chi connectivity index (χ1) is 9.56. The van der Waals surface area contributed by atoms with E-state index < -0.39 is 0 Å². The van der Waals surface area contributed by atoms with Crippen LogP contribution in [-0.2, 0) is 14.3 Å². The maximum Gasteiger partial charge on any atom is 0.323 e. The SMILES string of the molecule is COC(=O)C(NC1CCOC2(CCSCC2)C1)C(C)C. The number of hydrogen-bond acceptors (Lipinski definition) is 5. The lowest BCUT2D eigenvalue weighted by Gasteiger charge is -2.44. The van der Waals surface area contributed by atoms with Crippen LogP contribution in [0, 0.1) is 5.92 Å². The Labute approximate surface area is 126 Å². The number of carbonyl (C=O) groups excluding carboxylic acids is 1. The van der Waals surface area contributed by atoms with E-state index in [9.17, 15) is 4.79 Å². The van der Waals surface area contributed by atoms with Gasteiger partial charge in [-0.25, -0.2) is 0 Å². The maximum absolute atomic E-state index is 11.9. The Bertz CT molecular complexity index is 324. The highest BCUT2D eigenvalue weighted by molar-refractivity contribution is 7.99. The molecule has 2 fully saturated rings. The number of methoxy groups -OCH3 is 1. The summed E-state index contributed by atoms with van der Waals surface area (Å²) in [6.07, 6.45) is 4.28. The molecule has 1 N–H and O–H groups in total. The first-order valence-corrected chi connectivity index (χ1v) is 8.77. The lowest BCUT2D eigenvalue weighted by atomic mass is 9.85. The summed E-state index contributed by atoms with van der Waals surface area (Å²) in [5.74, 6) is 2.47. The normalized spacial score (nSPS) is 27.5. The number of hydrogen-bond donors (Lipinski definition) is 1. The lowest BCUT2D eigenvalue weighted by molar-refractivity contribution is -0.145. The Kier molecular flexibility index (Phi) is 5.75. The molecule has 5 heteroatoms.